The van der Waals surface area contributed by atoms with Crippen molar-refractivity contribution in [2.45, 2.75) is 17.9 Å². The van der Waals surface area contributed by atoms with Crippen LogP contribution >= 0.6 is 0 Å². The Morgan fingerprint density at radius 1 is 1.40 bits per heavy atom. The summed E-state index contributed by atoms with van der Waals surface area (Å²) in [5, 5.41) is 0. The van der Waals surface area contributed by atoms with E-state index in [1.165, 1.54) is 17.5 Å². The summed E-state index contributed by atoms with van der Waals surface area (Å²) >= 11 is 0. The van der Waals surface area contributed by atoms with E-state index in [0.717, 1.165) is 11.4 Å². The van der Waals surface area contributed by atoms with E-state index in [9.17, 15) is 8.42 Å². The van der Waals surface area contributed by atoms with Crippen LogP contribution in [0.25, 0.3) is 0 Å². The lowest BCUT2D eigenvalue weighted by atomic mass is 10.2. The van der Waals surface area contributed by atoms with E-state index in [0.29, 0.717) is 25.3 Å². The lowest BCUT2D eigenvalue weighted by Crippen LogP contribution is -2.36. The zero-order valence-electron chi connectivity index (χ0n) is 11.0. The first kappa shape index (κ1) is 13.1. The second-order valence-electron chi connectivity index (χ2n) is 4.60. The number of hydrogen-bond donors (Lipinski definition) is 1. The van der Waals surface area contributed by atoms with Gasteiger partial charge in [-0.1, -0.05) is 6.07 Å². The van der Waals surface area contributed by atoms with Gasteiger partial charge in [0.1, 0.15) is 5.75 Å². The molecule has 0 radical (unpaired) electrons. The highest BCUT2D eigenvalue weighted by atomic mass is 32.2. The maximum absolute atomic E-state index is 12.6. The number of sulfonamides is 1. The van der Waals surface area contributed by atoms with Crippen molar-refractivity contribution in [3.05, 3.63) is 42.0 Å². The van der Waals surface area contributed by atoms with E-state index in [1.807, 2.05) is 0 Å². The van der Waals surface area contributed by atoms with Gasteiger partial charge < -0.3 is 9.72 Å². The second kappa shape index (κ2) is 4.92. The highest BCUT2D eigenvalue weighted by molar-refractivity contribution is 7.89. The number of nitrogens with zero attached hydrogens (tertiary/aromatic N) is 2. The van der Waals surface area contributed by atoms with Crippen LogP contribution in [0.5, 0.6) is 5.75 Å². The normalized spacial score (nSPS) is 15.8. The zero-order chi connectivity index (χ0) is 14.2. The molecule has 0 saturated heterocycles. The molecule has 6 nitrogen and oxygen atoms in total. The molecule has 1 aliphatic rings. The van der Waals surface area contributed by atoms with E-state index >= 15 is 0 Å². The number of nitrogens with one attached hydrogen (secondary N) is 1. The molecule has 0 bridgehead atoms. The number of benzene rings is 1. The summed E-state index contributed by atoms with van der Waals surface area (Å²) in [6, 6.07) is 6.53. The highest BCUT2D eigenvalue weighted by Gasteiger charge is 2.29. The van der Waals surface area contributed by atoms with Crippen LogP contribution in [-0.4, -0.2) is 36.3 Å². The van der Waals surface area contributed by atoms with E-state index in [-0.39, 0.29) is 4.90 Å². The van der Waals surface area contributed by atoms with Gasteiger partial charge in [0.15, 0.2) is 0 Å². The van der Waals surface area contributed by atoms with E-state index in [4.69, 9.17) is 4.74 Å². The van der Waals surface area contributed by atoms with Crippen molar-refractivity contribution in [1.29, 1.82) is 0 Å². The topological polar surface area (TPSA) is 75.3 Å². The molecule has 0 spiro atoms. The first-order valence-electron chi connectivity index (χ1n) is 6.26. The van der Waals surface area contributed by atoms with E-state index in [1.54, 1.807) is 24.5 Å². The monoisotopic (exact) mass is 293 g/mol. The van der Waals surface area contributed by atoms with Crippen LogP contribution in [-0.2, 0) is 23.0 Å². The minimum atomic E-state index is -3.51. The minimum absolute atomic E-state index is 0.250. The van der Waals surface area contributed by atoms with Gasteiger partial charge in [-0.15, -0.1) is 0 Å². The van der Waals surface area contributed by atoms with Gasteiger partial charge in [-0.2, -0.15) is 4.31 Å². The molecule has 2 heterocycles. The third-order valence-corrected chi connectivity index (χ3v) is 5.26. The summed E-state index contributed by atoms with van der Waals surface area (Å²) in [4.78, 5) is 7.42. The Morgan fingerprint density at radius 2 is 2.25 bits per heavy atom. The molecule has 0 amide bonds. The second-order valence-corrected chi connectivity index (χ2v) is 6.53. The van der Waals surface area contributed by atoms with Crippen LogP contribution in [0, 0.1) is 0 Å². The molecular weight excluding hydrogens is 278 g/mol. The van der Waals surface area contributed by atoms with Gasteiger partial charge in [-0.3, -0.25) is 0 Å². The molecule has 1 aliphatic heterocycles. The van der Waals surface area contributed by atoms with Gasteiger partial charge in [0, 0.05) is 19.0 Å². The zero-order valence-corrected chi connectivity index (χ0v) is 11.9. The Labute approximate surface area is 117 Å². The van der Waals surface area contributed by atoms with Crippen molar-refractivity contribution in [3.8, 4) is 5.75 Å². The fourth-order valence-corrected chi connectivity index (χ4v) is 3.75. The first-order chi connectivity index (χ1) is 9.61. The molecule has 2 aromatic rings. The number of imidazole rings is 1. The number of ether oxygens (including phenoxy) is 1. The summed E-state index contributed by atoms with van der Waals surface area (Å²) in [5.41, 5.74) is 1.81. The molecule has 1 N–H and O–H groups in total. The van der Waals surface area contributed by atoms with Crippen molar-refractivity contribution in [3.63, 3.8) is 0 Å². The standard InChI is InChI=1S/C13H15N3O3S/c1-19-10-3-2-4-11(7-10)20(17,18)16-6-5-12-13(8-16)15-9-14-12/h2-4,7,9H,5-6,8H2,1H3,(H,14,15). The Bertz CT molecular complexity index is 724. The predicted octanol–water partition coefficient (Wildman–Crippen LogP) is 1.17. The maximum atomic E-state index is 12.6. The lowest BCUT2D eigenvalue weighted by Gasteiger charge is -2.25. The molecular formula is C13H15N3O3S. The molecule has 1 aromatic heterocycles. The molecule has 0 aliphatic carbocycles. The van der Waals surface area contributed by atoms with E-state index < -0.39 is 10.0 Å². The fourth-order valence-electron chi connectivity index (χ4n) is 2.30. The van der Waals surface area contributed by atoms with Crippen LogP contribution < -0.4 is 4.74 Å². The molecule has 20 heavy (non-hydrogen) atoms. The maximum Gasteiger partial charge on any atom is 0.243 e. The van der Waals surface area contributed by atoms with Crippen molar-refractivity contribution < 1.29 is 13.2 Å². The summed E-state index contributed by atoms with van der Waals surface area (Å²) in [7, 11) is -1.99. The molecule has 1 aromatic carbocycles. The Balaban J connectivity index is 1.93. The Hall–Kier alpha value is -1.86. The SMILES string of the molecule is COc1cccc(S(=O)(=O)N2CCc3nc[nH]c3C2)c1. The van der Waals surface area contributed by atoms with Crippen LogP contribution in [0.15, 0.2) is 35.5 Å². The number of H-pyrrole nitrogens is 1. The van der Waals surface area contributed by atoms with Crippen LogP contribution in [0.2, 0.25) is 0 Å². The Morgan fingerprint density at radius 3 is 3.05 bits per heavy atom. The quantitative estimate of drug-likeness (QED) is 0.921. The third-order valence-electron chi connectivity index (χ3n) is 3.42. The average molecular weight is 293 g/mol. The van der Waals surface area contributed by atoms with Crippen LogP contribution in [0.4, 0.5) is 0 Å². The largest absolute Gasteiger partial charge is 0.497 e. The summed E-state index contributed by atoms with van der Waals surface area (Å²) in [6.45, 7) is 0.770. The Kier molecular flexibility index (Phi) is 3.23. The number of rotatable bonds is 3. The molecule has 0 fully saturated rings. The number of aromatic amines is 1. The van der Waals surface area contributed by atoms with Crippen LogP contribution in [0.3, 0.4) is 0 Å². The minimum Gasteiger partial charge on any atom is -0.497 e. The van der Waals surface area contributed by atoms with Crippen molar-refractivity contribution in [2.75, 3.05) is 13.7 Å². The summed E-state index contributed by atoms with van der Waals surface area (Å²) in [5.74, 6) is 0.533. The summed E-state index contributed by atoms with van der Waals surface area (Å²) < 4.78 is 31.8. The van der Waals surface area contributed by atoms with Gasteiger partial charge in [0.05, 0.1) is 36.3 Å². The number of methoxy groups -OCH3 is 1. The number of fused-ring (bicyclic) bond motifs is 1. The van der Waals surface area contributed by atoms with Gasteiger partial charge >= 0.3 is 0 Å². The number of aromatic nitrogens is 2. The van der Waals surface area contributed by atoms with E-state index in [2.05, 4.69) is 9.97 Å². The smallest absolute Gasteiger partial charge is 0.243 e. The van der Waals surface area contributed by atoms with Gasteiger partial charge in [0.25, 0.3) is 0 Å². The molecule has 0 unspecified atom stereocenters. The average Bonchev–Trinajstić information content (AvgIpc) is 2.94. The van der Waals surface area contributed by atoms with Gasteiger partial charge in [-0.25, -0.2) is 13.4 Å². The van der Waals surface area contributed by atoms with Crippen molar-refractivity contribution in [2.24, 2.45) is 0 Å². The highest BCUT2D eigenvalue weighted by Crippen LogP contribution is 2.25. The van der Waals surface area contributed by atoms with Gasteiger partial charge in [-0.05, 0) is 12.1 Å². The van der Waals surface area contributed by atoms with Crippen molar-refractivity contribution in [1.82, 2.24) is 14.3 Å². The lowest BCUT2D eigenvalue weighted by molar-refractivity contribution is 0.384. The van der Waals surface area contributed by atoms with Crippen molar-refractivity contribution >= 4 is 10.0 Å². The number of hydrogen-bond acceptors (Lipinski definition) is 4. The third kappa shape index (κ3) is 2.19. The molecule has 106 valence electrons. The molecule has 0 saturated carbocycles. The molecule has 0 atom stereocenters. The molecule has 7 heteroatoms. The predicted molar refractivity (Wildman–Crippen MR) is 72.9 cm³/mol. The molecule has 3 rings (SSSR count). The summed E-state index contributed by atoms with van der Waals surface area (Å²) in [6.07, 6.45) is 2.23. The van der Waals surface area contributed by atoms with Gasteiger partial charge in [0.2, 0.25) is 10.0 Å². The van der Waals surface area contributed by atoms with Crippen LogP contribution in [0.1, 0.15) is 11.4 Å². The fraction of sp³-hybridized carbons (Fsp3) is 0.308. The first-order valence-corrected chi connectivity index (χ1v) is 7.70.